The third-order valence-electron chi connectivity index (χ3n) is 4.81. The number of rotatable bonds is 2. The number of allylic oxidation sites excluding steroid dienone is 1. The molecular formula is C17H19N5. The summed E-state index contributed by atoms with van der Waals surface area (Å²) in [7, 11) is 0. The average Bonchev–Trinajstić information content (AvgIpc) is 2.88. The van der Waals surface area contributed by atoms with Gasteiger partial charge in [-0.2, -0.15) is 4.98 Å². The molecule has 3 heterocycles. The van der Waals surface area contributed by atoms with Crippen molar-refractivity contribution in [2.45, 2.75) is 31.7 Å². The number of hydrogen-bond acceptors (Lipinski definition) is 4. The Morgan fingerprint density at radius 1 is 1.18 bits per heavy atom. The highest BCUT2D eigenvalue weighted by Gasteiger charge is 2.24. The number of nitrogen functional groups attached to an aromatic ring is 1. The summed E-state index contributed by atoms with van der Waals surface area (Å²) in [5.74, 6) is 0.964. The predicted octanol–water partition coefficient (Wildman–Crippen LogP) is 3.48. The zero-order valence-electron chi connectivity index (χ0n) is 12.4. The van der Waals surface area contributed by atoms with E-state index >= 15 is 0 Å². The number of nitrogens with zero attached hydrogens (tertiary/aromatic N) is 4. The Morgan fingerprint density at radius 2 is 2.00 bits per heavy atom. The van der Waals surface area contributed by atoms with Crippen LogP contribution in [-0.2, 0) is 0 Å². The van der Waals surface area contributed by atoms with Crippen molar-refractivity contribution in [1.82, 2.24) is 19.5 Å². The topological polar surface area (TPSA) is 69.6 Å². The minimum Gasteiger partial charge on any atom is -0.368 e. The molecule has 1 aliphatic carbocycles. The van der Waals surface area contributed by atoms with E-state index in [1.807, 2.05) is 24.7 Å². The van der Waals surface area contributed by atoms with Crippen LogP contribution < -0.4 is 5.73 Å². The highest BCUT2D eigenvalue weighted by atomic mass is 15.1. The summed E-state index contributed by atoms with van der Waals surface area (Å²) in [5, 5.41) is 2.20. The predicted molar refractivity (Wildman–Crippen MR) is 88.4 cm³/mol. The molecule has 22 heavy (non-hydrogen) atoms. The largest absolute Gasteiger partial charge is 0.368 e. The Bertz CT molecular complexity index is 843. The van der Waals surface area contributed by atoms with Crippen molar-refractivity contribution in [1.29, 1.82) is 0 Å². The fraction of sp³-hybridized carbons (Fsp3) is 0.353. The summed E-state index contributed by atoms with van der Waals surface area (Å²) < 4.78 is 2.31. The van der Waals surface area contributed by atoms with Gasteiger partial charge in [0.25, 0.3) is 0 Å². The minimum atomic E-state index is 0.323. The Hall–Kier alpha value is -2.43. The summed E-state index contributed by atoms with van der Waals surface area (Å²) in [6.07, 6.45) is 12.3. The molecule has 0 atom stereocenters. The number of pyridine rings is 1. The molecule has 5 heteroatoms. The molecule has 0 aliphatic heterocycles. The van der Waals surface area contributed by atoms with Crippen molar-refractivity contribution in [3.05, 3.63) is 37.3 Å². The van der Waals surface area contributed by atoms with Crippen molar-refractivity contribution in [2.24, 2.45) is 5.92 Å². The molecule has 4 rings (SSSR count). The lowest BCUT2D eigenvalue weighted by Gasteiger charge is -2.28. The maximum absolute atomic E-state index is 5.82. The van der Waals surface area contributed by atoms with Gasteiger partial charge in [0, 0.05) is 29.2 Å². The molecule has 0 unspecified atom stereocenters. The van der Waals surface area contributed by atoms with Gasteiger partial charge >= 0.3 is 0 Å². The fourth-order valence-corrected chi connectivity index (χ4v) is 3.64. The van der Waals surface area contributed by atoms with E-state index < -0.39 is 0 Å². The maximum atomic E-state index is 5.82. The Balaban J connectivity index is 1.91. The van der Waals surface area contributed by atoms with Gasteiger partial charge in [0.2, 0.25) is 5.95 Å². The summed E-state index contributed by atoms with van der Waals surface area (Å²) in [4.78, 5) is 13.0. The van der Waals surface area contributed by atoms with Crippen LogP contribution in [0, 0.1) is 5.92 Å². The third-order valence-corrected chi connectivity index (χ3v) is 4.81. The van der Waals surface area contributed by atoms with Gasteiger partial charge in [0.1, 0.15) is 5.65 Å². The van der Waals surface area contributed by atoms with E-state index in [4.69, 9.17) is 5.73 Å². The number of fused-ring (bicyclic) bond motifs is 3. The van der Waals surface area contributed by atoms with Crippen molar-refractivity contribution < 1.29 is 0 Å². The van der Waals surface area contributed by atoms with Gasteiger partial charge in [0.05, 0.1) is 11.7 Å². The summed E-state index contributed by atoms with van der Waals surface area (Å²) >= 11 is 0. The Labute approximate surface area is 128 Å². The molecule has 1 fully saturated rings. The molecule has 0 spiro atoms. The lowest BCUT2D eigenvalue weighted by molar-refractivity contribution is 0.318. The average molecular weight is 293 g/mol. The smallest absolute Gasteiger partial charge is 0.221 e. The van der Waals surface area contributed by atoms with Crippen LogP contribution in [0.2, 0.25) is 0 Å². The zero-order chi connectivity index (χ0) is 15.1. The quantitative estimate of drug-likeness (QED) is 0.734. The summed E-state index contributed by atoms with van der Waals surface area (Å²) in [6, 6.07) is 2.47. The standard InChI is InChI=1S/C17H19N5/c1-2-11-3-5-12(6-4-11)22-15-10-19-8-7-13(15)14-9-20-17(18)21-16(14)22/h2,7-12H,1,3-6H2,(H2,18,20,21). The van der Waals surface area contributed by atoms with E-state index in [9.17, 15) is 0 Å². The molecule has 2 N–H and O–H groups in total. The summed E-state index contributed by atoms with van der Waals surface area (Å²) in [5.41, 5.74) is 7.88. The van der Waals surface area contributed by atoms with Crippen LogP contribution in [0.5, 0.6) is 0 Å². The number of nitrogens with two attached hydrogens (primary N) is 1. The van der Waals surface area contributed by atoms with Crippen LogP contribution in [0.3, 0.4) is 0 Å². The lowest BCUT2D eigenvalue weighted by atomic mass is 9.86. The van der Waals surface area contributed by atoms with Crippen LogP contribution in [0.4, 0.5) is 5.95 Å². The van der Waals surface area contributed by atoms with E-state index in [1.165, 1.54) is 12.8 Å². The van der Waals surface area contributed by atoms with Gasteiger partial charge in [0.15, 0.2) is 0 Å². The summed E-state index contributed by atoms with van der Waals surface area (Å²) in [6.45, 7) is 3.93. The lowest BCUT2D eigenvalue weighted by Crippen LogP contribution is -2.17. The molecular weight excluding hydrogens is 274 g/mol. The van der Waals surface area contributed by atoms with E-state index in [0.717, 1.165) is 34.8 Å². The molecule has 3 aromatic heterocycles. The van der Waals surface area contributed by atoms with Crippen LogP contribution >= 0.6 is 0 Å². The molecule has 5 nitrogen and oxygen atoms in total. The van der Waals surface area contributed by atoms with Gasteiger partial charge < -0.3 is 10.3 Å². The zero-order valence-corrected chi connectivity index (χ0v) is 12.4. The van der Waals surface area contributed by atoms with Crippen molar-refractivity contribution >= 4 is 27.9 Å². The first-order valence-corrected chi connectivity index (χ1v) is 7.76. The van der Waals surface area contributed by atoms with Crippen LogP contribution in [-0.4, -0.2) is 19.5 Å². The van der Waals surface area contributed by atoms with Crippen molar-refractivity contribution in [2.75, 3.05) is 5.73 Å². The van der Waals surface area contributed by atoms with Crippen LogP contribution in [0.1, 0.15) is 31.7 Å². The van der Waals surface area contributed by atoms with Gasteiger partial charge in [-0.15, -0.1) is 6.58 Å². The molecule has 0 bridgehead atoms. The van der Waals surface area contributed by atoms with E-state index in [-0.39, 0.29) is 0 Å². The van der Waals surface area contributed by atoms with E-state index in [0.29, 0.717) is 17.9 Å². The second-order valence-corrected chi connectivity index (χ2v) is 6.03. The maximum Gasteiger partial charge on any atom is 0.221 e. The SMILES string of the molecule is C=CC1CCC(n2c3cnccc3c3cnc(N)nc32)CC1. The van der Waals surface area contributed by atoms with Gasteiger partial charge in [-0.1, -0.05) is 6.08 Å². The number of aromatic nitrogens is 4. The number of anilines is 1. The fourth-order valence-electron chi connectivity index (χ4n) is 3.64. The normalized spacial score (nSPS) is 22.2. The molecule has 0 saturated heterocycles. The van der Waals surface area contributed by atoms with E-state index in [2.05, 4.69) is 32.2 Å². The van der Waals surface area contributed by atoms with Crippen molar-refractivity contribution in [3.63, 3.8) is 0 Å². The second-order valence-electron chi connectivity index (χ2n) is 6.03. The van der Waals surface area contributed by atoms with Crippen LogP contribution in [0.25, 0.3) is 21.9 Å². The molecule has 1 saturated carbocycles. The highest BCUT2D eigenvalue weighted by Crippen LogP contribution is 2.38. The first-order chi connectivity index (χ1) is 10.8. The van der Waals surface area contributed by atoms with E-state index in [1.54, 1.807) is 0 Å². The van der Waals surface area contributed by atoms with Gasteiger partial charge in [-0.3, -0.25) is 4.98 Å². The third kappa shape index (κ3) is 1.96. The first-order valence-electron chi connectivity index (χ1n) is 7.76. The molecule has 0 radical (unpaired) electrons. The molecule has 3 aromatic rings. The van der Waals surface area contributed by atoms with Crippen molar-refractivity contribution in [3.8, 4) is 0 Å². The first kappa shape index (κ1) is 13.2. The van der Waals surface area contributed by atoms with Gasteiger partial charge in [-0.25, -0.2) is 4.98 Å². The Kier molecular flexibility index (Phi) is 3.06. The molecule has 1 aliphatic rings. The molecule has 112 valence electrons. The molecule has 0 aromatic carbocycles. The minimum absolute atomic E-state index is 0.323. The Morgan fingerprint density at radius 3 is 2.77 bits per heavy atom. The second kappa shape index (κ2) is 5.09. The number of hydrogen-bond donors (Lipinski definition) is 1. The van der Waals surface area contributed by atoms with Crippen LogP contribution in [0.15, 0.2) is 37.3 Å². The molecule has 0 amide bonds. The highest BCUT2D eigenvalue weighted by molar-refractivity contribution is 6.06. The monoisotopic (exact) mass is 293 g/mol. The van der Waals surface area contributed by atoms with Gasteiger partial charge in [-0.05, 0) is 37.7 Å².